The first-order valence-corrected chi connectivity index (χ1v) is 16.3. The number of ether oxygens (including phenoxy) is 2. The molecular formula is C28H36N8O10S2. The smallest absolute Gasteiger partial charge is 0.261 e. The summed E-state index contributed by atoms with van der Waals surface area (Å²) in [4.78, 5) is 50.7. The van der Waals surface area contributed by atoms with Crippen LogP contribution in [0.2, 0.25) is 0 Å². The summed E-state index contributed by atoms with van der Waals surface area (Å²) < 4.78 is 11.1. The van der Waals surface area contributed by atoms with Gasteiger partial charge in [0.25, 0.3) is 11.1 Å². The topological polar surface area (TPSA) is 263 Å². The zero-order chi connectivity index (χ0) is 34.9. The van der Waals surface area contributed by atoms with Crippen LogP contribution in [0.5, 0.6) is 0 Å². The largest absolute Gasteiger partial charge is 0.394 e. The highest BCUT2D eigenvalue weighted by Crippen LogP contribution is 2.40. The highest BCUT2D eigenvalue weighted by molar-refractivity contribution is 7.12. The summed E-state index contributed by atoms with van der Waals surface area (Å²) in [7, 11) is 7.15. The predicted molar refractivity (Wildman–Crippen MR) is 178 cm³/mol. The molecule has 8 atom stereocenters. The molecule has 0 unspecified atom stereocenters. The minimum absolute atomic E-state index is 0.132. The van der Waals surface area contributed by atoms with Crippen molar-refractivity contribution in [2.45, 2.75) is 48.8 Å². The number of fused-ring (bicyclic) bond motifs is 2. The van der Waals surface area contributed by atoms with Crippen LogP contribution in [-0.4, -0.2) is 151 Å². The summed E-state index contributed by atoms with van der Waals surface area (Å²) in [5, 5.41) is 62.5. The molecule has 0 saturated carbocycles. The molecular weight excluding hydrogens is 672 g/mol. The summed E-state index contributed by atoms with van der Waals surface area (Å²) >= 11 is 2.41. The Bertz CT molecular complexity index is 1770. The van der Waals surface area contributed by atoms with Crippen LogP contribution in [0.25, 0.3) is 21.8 Å². The number of aliphatic hydroxyl groups excluding tert-OH is 6. The maximum absolute atomic E-state index is 12.2. The Kier molecular flexibility index (Phi) is 11.0. The number of nitrogens with zero attached hydrogens (tertiary/aromatic N) is 6. The van der Waals surface area contributed by atoms with Gasteiger partial charge in [-0.3, -0.25) is 19.6 Å². The fourth-order valence-electron chi connectivity index (χ4n) is 4.99. The van der Waals surface area contributed by atoms with Gasteiger partial charge in [0, 0.05) is 39.0 Å². The minimum atomic E-state index is -1.21. The van der Waals surface area contributed by atoms with Crippen LogP contribution in [0.15, 0.2) is 30.3 Å². The lowest BCUT2D eigenvalue weighted by Gasteiger charge is -2.13. The summed E-state index contributed by atoms with van der Waals surface area (Å²) in [5.74, 6) is 0.264. The quantitative estimate of drug-likeness (QED) is 0.0784. The number of hydrogen-bond acceptors (Lipinski definition) is 16. The number of aliphatic hydroxyl groups is 6. The number of aliphatic imine (C=N–C) groups is 2. The molecule has 2 aliphatic heterocycles. The van der Waals surface area contributed by atoms with E-state index in [1.54, 1.807) is 48.8 Å². The standard InChI is InChI=1S/2C14H18N4O5S/c2*1-18(2)5-15-14-16-8-6(13(22)17-14)4-24-12(8)11-10(21)9(20)7(3-19)23-11/h2*4-5,7,9-11,19-21H,3H2,1-2H3,(H,16,17,22)/b2*15-5+/t2*7-,9-,10-,11-/m11/s1. The molecule has 0 aromatic carbocycles. The Morgan fingerprint density at radius 1 is 0.729 bits per heavy atom. The Labute approximate surface area is 279 Å². The molecule has 0 radical (unpaired) electrons. The zero-order valence-electron chi connectivity index (χ0n) is 26.2. The van der Waals surface area contributed by atoms with Gasteiger partial charge in [0.15, 0.2) is 0 Å². The van der Waals surface area contributed by atoms with Crippen molar-refractivity contribution in [3.8, 4) is 0 Å². The Hall–Kier alpha value is -3.70. The Balaban J connectivity index is 0.000000188. The fraction of sp³-hybridized carbons (Fsp3) is 0.500. The van der Waals surface area contributed by atoms with Gasteiger partial charge in [-0.25, -0.2) is 20.0 Å². The number of aromatic amines is 2. The van der Waals surface area contributed by atoms with E-state index in [0.717, 1.165) is 0 Å². The lowest BCUT2D eigenvalue weighted by molar-refractivity contribution is -0.0215. The van der Waals surface area contributed by atoms with Crippen molar-refractivity contribution in [2.75, 3.05) is 41.4 Å². The number of thiophene rings is 2. The molecule has 2 aliphatic rings. The van der Waals surface area contributed by atoms with Crippen molar-refractivity contribution in [3.63, 3.8) is 0 Å². The highest BCUT2D eigenvalue weighted by Gasteiger charge is 2.45. The molecule has 0 amide bonds. The zero-order valence-corrected chi connectivity index (χ0v) is 27.8. The average Bonchev–Trinajstić information content (AvgIpc) is 3.80. The lowest BCUT2D eigenvalue weighted by Crippen LogP contribution is -2.32. The monoisotopic (exact) mass is 708 g/mol. The summed E-state index contributed by atoms with van der Waals surface area (Å²) in [6.45, 7) is -0.825. The highest BCUT2D eigenvalue weighted by atomic mass is 32.1. The van der Waals surface area contributed by atoms with Crippen molar-refractivity contribution in [1.29, 1.82) is 0 Å². The van der Waals surface area contributed by atoms with E-state index in [4.69, 9.17) is 9.47 Å². The third-order valence-electron chi connectivity index (χ3n) is 7.38. The van der Waals surface area contributed by atoms with Crippen LogP contribution < -0.4 is 11.1 Å². The number of H-pyrrole nitrogens is 2. The molecule has 18 nitrogen and oxygen atoms in total. The van der Waals surface area contributed by atoms with Gasteiger partial charge in [-0.2, -0.15) is 0 Å². The molecule has 4 aromatic rings. The van der Waals surface area contributed by atoms with Gasteiger partial charge in [-0.15, -0.1) is 22.7 Å². The van der Waals surface area contributed by atoms with Gasteiger partial charge in [0.2, 0.25) is 11.9 Å². The van der Waals surface area contributed by atoms with E-state index >= 15 is 0 Å². The van der Waals surface area contributed by atoms with Gasteiger partial charge < -0.3 is 49.9 Å². The van der Waals surface area contributed by atoms with Gasteiger partial charge >= 0.3 is 0 Å². The second-order valence-corrected chi connectivity index (χ2v) is 13.3. The van der Waals surface area contributed by atoms with Crippen molar-refractivity contribution in [2.24, 2.45) is 9.98 Å². The van der Waals surface area contributed by atoms with E-state index in [1.165, 1.54) is 35.4 Å². The number of aromatic nitrogens is 4. The molecule has 0 bridgehead atoms. The van der Waals surface area contributed by atoms with Crippen molar-refractivity contribution in [1.82, 2.24) is 29.7 Å². The molecule has 8 N–H and O–H groups in total. The SMILES string of the molecule is CN(C)/C=N/c1nc2c([C@@H]3O[C@H](CO)[C@@H](O)[C@H]3O)scc2c(=O)[nH]1.CN(C)/C=N/c1nc2c([C@@H]3O[C@H](CO)[C@@H](O)[C@H]3O)scc2c(=O)[nH]1. The van der Waals surface area contributed by atoms with Crippen LogP contribution in [0.4, 0.5) is 11.9 Å². The molecule has 0 aliphatic carbocycles. The van der Waals surface area contributed by atoms with Gasteiger partial charge in [0.1, 0.15) is 48.8 Å². The maximum atomic E-state index is 12.2. The van der Waals surface area contributed by atoms with Crippen molar-refractivity contribution >= 4 is 69.1 Å². The summed E-state index contributed by atoms with van der Waals surface area (Å²) in [6, 6.07) is 0. The lowest BCUT2D eigenvalue weighted by atomic mass is 10.1. The van der Waals surface area contributed by atoms with Crippen LogP contribution in [0.3, 0.4) is 0 Å². The molecule has 20 heteroatoms. The number of nitrogens with one attached hydrogen (secondary N) is 2. The second-order valence-electron chi connectivity index (χ2n) is 11.4. The van der Waals surface area contributed by atoms with E-state index in [-0.39, 0.29) is 23.0 Å². The van der Waals surface area contributed by atoms with E-state index in [1.807, 2.05) is 0 Å². The molecule has 6 rings (SSSR count). The molecule has 2 saturated heterocycles. The van der Waals surface area contributed by atoms with Crippen LogP contribution in [0.1, 0.15) is 22.0 Å². The summed E-state index contributed by atoms with van der Waals surface area (Å²) in [6.07, 6.45) is -5.30. The number of hydrogen-bond donors (Lipinski definition) is 8. The van der Waals surface area contributed by atoms with Crippen LogP contribution in [0, 0.1) is 0 Å². The summed E-state index contributed by atoms with van der Waals surface area (Å²) in [5.41, 5.74) is 0.0364. The first kappa shape index (κ1) is 35.6. The third kappa shape index (κ3) is 7.17. The molecule has 2 fully saturated rings. The van der Waals surface area contributed by atoms with Crippen molar-refractivity contribution in [3.05, 3.63) is 41.2 Å². The first-order valence-electron chi connectivity index (χ1n) is 14.5. The van der Waals surface area contributed by atoms with E-state index in [2.05, 4.69) is 29.9 Å². The van der Waals surface area contributed by atoms with E-state index in [9.17, 15) is 40.2 Å². The minimum Gasteiger partial charge on any atom is -0.394 e. The van der Waals surface area contributed by atoms with Gasteiger partial charge in [-0.05, 0) is 0 Å². The maximum Gasteiger partial charge on any atom is 0.261 e. The van der Waals surface area contributed by atoms with E-state index in [0.29, 0.717) is 31.6 Å². The second kappa shape index (κ2) is 14.8. The van der Waals surface area contributed by atoms with E-state index < -0.39 is 62.0 Å². The number of rotatable bonds is 8. The Morgan fingerprint density at radius 3 is 1.42 bits per heavy atom. The molecule has 0 spiro atoms. The van der Waals surface area contributed by atoms with Gasteiger partial charge in [-0.1, -0.05) is 0 Å². The van der Waals surface area contributed by atoms with Crippen LogP contribution >= 0.6 is 22.7 Å². The van der Waals surface area contributed by atoms with Crippen LogP contribution in [-0.2, 0) is 9.47 Å². The fourth-order valence-corrected chi connectivity index (χ4v) is 7.11. The Morgan fingerprint density at radius 2 is 1.10 bits per heavy atom. The van der Waals surface area contributed by atoms with Gasteiger partial charge in [0.05, 0.1) is 57.5 Å². The third-order valence-corrected chi connectivity index (χ3v) is 9.45. The van der Waals surface area contributed by atoms with Crippen molar-refractivity contribution < 1.29 is 40.1 Å². The molecule has 4 aromatic heterocycles. The molecule has 6 heterocycles. The normalized spacial score (nSPS) is 27.4. The average molecular weight is 709 g/mol. The predicted octanol–water partition coefficient (Wildman–Crippen LogP) is -1.28. The molecule has 48 heavy (non-hydrogen) atoms. The first-order chi connectivity index (χ1) is 22.8. The molecule has 260 valence electrons.